The number of hydrogen-bond acceptors (Lipinski definition) is 5. The first kappa shape index (κ1) is 25.9. The van der Waals surface area contributed by atoms with Gasteiger partial charge in [0.2, 0.25) is 0 Å². The van der Waals surface area contributed by atoms with Gasteiger partial charge in [-0.2, -0.15) is 11.8 Å². The molecule has 1 heterocycles. The number of carbonyl (C=O) groups is 3. The van der Waals surface area contributed by atoms with Gasteiger partial charge in [-0.25, -0.2) is 0 Å². The van der Waals surface area contributed by atoms with E-state index in [-0.39, 0.29) is 6.61 Å². The zero-order valence-corrected chi connectivity index (χ0v) is 20.9. The maximum absolute atomic E-state index is 12.7. The molecule has 0 spiro atoms. The molecule has 0 aliphatic carbocycles. The Morgan fingerprint density at radius 2 is 1.57 bits per heavy atom. The first-order chi connectivity index (χ1) is 16.9. The molecule has 0 radical (unpaired) electrons. The van der Waals surface area contributed by atoms with Crippen molar-refractivity contribution in [3.8, 4) is 11.4 Å². The summed E-state index contributed by atoms with van der Waals surface area (Å²) in [6, 6.07) is 19.3. The third kappa shape index (κ3) is 7.38. The van der Waals surface area contributed by atoms with E-state index in [9.17, 15) is 14.4 Å². The molecule has 184 valence electrons. The van der Waals surface area contributed by atoms with Crippen LogP contribution < -0.4 is 20.9 Å². The largest absolute Gasteiger partial charge is 0.484 e. The van der Waals surface area contributed by atoms with E-state index in [2.05, 4.69) is 20.7 Å². The molecule has 0 saturated heterocycles. The quantitative estimate of drug-likeness (QED) is 0.376. The third-order valence-corrected chi connectivity index (χ3v) is 5.98. The molecule has 8 nitrogen and oxygen atoms in total. The number of hydrazine groups is 1. The zero-order valence-electron chi connectivity index (χ0n) is 20.0. The first-order valence-corrected chi connectivity index (χ1v) is 12.6. The van der Waals surface area contributed by atoms with Crippen LogP contribution in [0.5, 0.6) is 5.75 Å². The van der Waals surface area contributed by atoms with Crippen molar-refractivity contribution in [2.24, 2.45) is 0 Å². The lowest BCUT2D eigenvalue weighted by Crippen LogP contribution is -2.53. The highest BCUT2D eigenvalue weighted by molar-refractivity contribution is 7.98. The Labute approximate surface area is 209 Å². The van der Waals surface area contributed by atoms with Crippen LogP contribution in [0.1, 0.15) is 28.2 Å². The minimum atomic E-state index is -0.809. The fraction of sp³-hybridized carbons (Fsp3) is 0.269. The van der Waals surface area contributed by atoms with Crippen molar-refractivity contribution in [1.29, 1.82) is 0 Å². The lowest BCUT2D eigenvalue weighted by atomic mass is 10.2. The summed E-state index contributed by atoms with van der Waals surface area (Å²) < 4.78 is 7.53. The van der Waals surface area contributed by atoms with Crippen molar-refractivity contribution in [2.75, 3.05) is 18.6 Å². The van der Waals surface area contributed by atoms with E-state index in [1.165, 1.54) is 0 Å². The van der Waals surface area contributed by atoms with Crippen molar-refractivity contribution >= 4 is 29.5 Å². The van der Waals surface area contributed by atoms with Crippen LogP contribution in [0.2, 0.25) is 0 Å². The summed E-state index contributed by atoms with van der Waals surface area (Å²) >= 11 is 1.56. The number of rotatable bonds is 10. The van der Waals surface area contributed by atoms with E-state index >= 15 is 0 Å². The Morgan fingerprint density at radius 3 is 2.20 bits per heavy atom. The standard InChI is InChI=1S/C26H30N4O4S/c1-18-9-10-19(2)30(18)21-13-11-20(12-14-21)25(32)28-29-26(33)23(15-16-35-3)27-24(31)17-34-22-7-5-4-6-8-22/h4-14,23H,15-17H2,1-3H3,(H,27,31)(H,28,32)(H,29,33). The van der Waals surface area contributed by atoms with Crippen LogP contribution in [0.15, 0.2) is 66.7 Å². The molecule has 0 aliphatic rings. The fourth-order valence-electron chi connectivity index (χ4n) is 3.52. The maximum atomic E-state index is 12.7. The van der Waals surface area contributed by atoms with E-state index in [0.717, 1.165) is 17.1 Å². The average molecular weight is 495 g/mol. The van der Waals surface area contributed by atoms with Gasteiger partial charge in [-0.15, -0.1) is 0 Å². The van der Waals surface area contributed by atoms with Gasteiger partial charge in [0.1, 0.15) is 11.8 Å². The molecule has 0 bridgehead atoms. The van der Waals surface area contributed by atoms with Crippen LogP contribution in [0.4, 0.5) is 0 Å². The summed E-state index contributed by atoms with van der Waals surface area (Å²) in [4.78, 5) is 37.6. The highest BCUT2D eigenvalue weighted by Crippen LogP contribution is 2.17. The molecular weight excluding hydrogens is 464 g/mol. The molecule has 35 heavy (non-hydrogen) atoms. The van der Waals surface area contributed by atoms with E-state index in [4.69, 9.17) is 4.74 Å². The van der Waals surface area contributed by atoms with Crippen LogP contribution in [0.25, 0.3) is 5.69 Å². The summed E-state index contributed by atoms with van der Waals surface area (Å²) in [6.07, 6.45) is 2.32. The Kier molecular flexibility index (Phi) is 9.37. The van der Waals surface area contributed by atoms with Crippen LogP contribution in [0, 0.1) is 13.8 Å². The number of ether oxygens (including phenoxy) is 1. The molecule has 3 amide bonds. The highest BCUT2D eigenvalue weighted by atomic mass is 32.2. The second-order valence-corrected chi connectivity index (χ2v) is 8.93. The zero-order chi connectivity index (χ0) is 25.2. The number of nitrogens with one attached hydrogen (secondary N) is 3. The van der Waals surface area contributed by atoms with Gasteiger partial charge in [0.05, 0.1) is 0 Å². The molecule has 3 rings (SSSR count). The van der Waals surface area contributed by atoms with Crippen molar-refractivity contribution in [2.45, 2.75) is 26.3 Å². The predicted octanol–water partition coefficient (Wildman–Crippen LogP) is 3.17. The number of benzene rings is 2. The fourth-order valence-corrected chi connectivity index (χ4v) is 3.99. The number of aromatic nitrogens is 1. The van der Waals surface area contributed by atoms with E-state index < -0.39 is 23.8 Å². The third-order valence-electron chi connectivity index (χ3n) is 5.33. The number of aryl methyl sites for hydroxylation is 2. The molecule has 3 N–H and O–H groups in total. The molecule has 0 aliphatic heterocycles. The highest BCUT2D eigenvalue weighted by Gasteiger charge is 2.21. The Balaban J connectivity index is 1.54. The number of para-hydroxylation sites is 1. The van der Waals surface area contributed by atoms with Crippen molar-refractivity contribution in [3.05, 3.63) is 83.7 Å². The van der Waals surface area contributed by atoms with Crippen molar-refractivity contribution in [3.63, 3.8) is 0 Å². The Morgan fingerprint density at radius 1 is 0.914 bits per heavy atom. The van der Waals surface area contributed by atoms with E-state index in [1.807, 2.05) is 50.4 Å². The normalized spacial score (nSPS) is 11.4. The number of nitrogens with zero attached hydrogens (tertiary/aromatic N) is 1. The number of hydrogen-bond donors (Lipinski definition) is 3. The minimum absolute atomic E-state index is 0.216. The van der Waals surface area contributed by atoms with Crippen LogP contribution in [-0.2, 0) is 9.59 Å². The topological polar surface area (TPSA) is 101 Å². The summed E-state index contributed by atoms with van der Waals surface area (Å²) in [5.74, 6) is -0.157. The van der Waals surface area contributed by atoms with Gasteiger partial charge in [-0.05, 0) is 80.8 Å². The molecule has 0 fully saturated rings. The van der Waals surface area contributed by atoms with E-state index in [0.29, 0.717) is 23.5 Å². The number of amides is 3. The van der Waals surface area contributed by atoms with Gasteiger partial charge in [0.15, 0.2) is 6.61 Å². The number of thioether (sulfide) groups is 1. The van der Waals surface area contributed by atoms with Crippen LogP contribution in [-0.4, -0.2) is 46.9 Å². The van der Waals surface area contributed by atoms with Crippen molar-refractivity contribution < 1.29 is 19.1 Å². The first-order valence-electron chi connectivity index (χ1n) is 11.2. The molecule has 3 aromatic rings. The Hall–Kier alpha value is -3.72. The lowest BCUT2D eigenvalue weighted by Gasteiger charge is -2.18. The molecule has 1 aromatic heterocycles. The second-order valence-electron chi connectivity index (χ2n) is 7.95. The molecule has 9 heteroatoms. The minimum Gasteiger partial charge on any atom is -0.484 e. The summed E-state index contributed by atoms with van der Waals surface area (Å²) in [6.45, 7) is 3.82. The van der Waals surface area contributed by atoms with Gasteiger partial charge >= 0.3 is 0 Å². The monoisotopic (exact) mass is 494 g/mol. The molecule has 1 unspecified atom stereocenters. The lowest BCUT2D eigenvalue weighted by molar-refractivity contribution is -0.130. The van der Waals surface area contributed by atoms with Gasteiger partial charge in [-0.3, -0.25) is 25.2 Å². The molecule has 0 saturated carbocycles. The van der Waals surface area contributed by atoms with Crippen molar-refractivity contribution in [1.82, 2.24) is 20.7 Å². The summed E-state index contributed by atoms with van der Waals surface area (Å²) in [5, 5.41) is 2.68. The van der Waals surface area contributed by atoms with E-state index in [1.54, 1.807) is 48.2 Å². The SMILES string of the molecule is CSCCC(NC(=O)COc1ccccc1)C(=O)NNC(=O)c1ccc(-n2c(C)ccc2C)cc1. The van der Waals surface area contributed by atoms with Crippen LogP contribution in [0.3, 0.4) is 0 Å². The summed E-state index contributed by atoms with van der Waals surface area (Å²) in [5.41, 5.74) is 8.39. The van der Waals surface area contributed by atoms with Gasteiger partial charge < -0.3 is 14.6 Å². The van der Waals surface area contributed by atoms with Crippen LogP contribution >= 0.6 is 11.8 Å². The predicted molar refractivity (Wildman–Crippen MR) is 138 cm³/mol. The maximum Gasteiger partial charge on any atom is 0.269 e. The summed E-state index contributed by atoms with van der Waals surface area (Å²) in [7, 11) is 0. The smallest absolute Gasteiger partial charge is 0.269 e. The molecule has 1 atom stereocenters. The second kappa shape index (κ2) is 12.7. The molecular formula is C26H30N4O4S. The number of carbonyl (C=O) groups excluding carboxylic acids is 3. The average Bonchev–Trinajstić information content (AvgIpc) is 3.21. The van der Waals surface area contributed by atoms with Gasteiger partial charge in [-0.1, -0.05) is 18.2 Å². The Bertz CT molecular complexity index is 1130. The van der Waals surface area contributed by atoms with Gasteiger partial charge in [0.25, 0.3) is 17.7 Å². The molecule has 2 aromatic carbocycles. The van der Waals surface area contributed by atoms with Gasteiger partial charge in [0, 0.05) is 22.6 Å².